The first-order valence-corrected chi connectivity index (χ1v) is 6.91. The lowest BCUT2D eigenvalue weighted by Gasteiger charge is -2.08. The molecule has 3 nitrogen and oxygen atoms in total. The van der Waals surface area contributed by atoms with E-state index in [9.17, 15) is 0 Å². The van der Waals surface area contributed by atoms with Gasteiger partial charge in [-0.25, -0.2) is 0 Å². The van der Waals surface area contributed by atoms with Gasteiger partial charge in [0.2, 0.25) is 0 Å². The minimum atomic E-state index is 0. The molecule has 18 heavy (non-hydrogen) atoms. The van der Waals surface area contributed by atoms with Crippen molar-refractivity contribution in [1.29, 1.82) is 0 Å². The summed E-state index contributed by atoms with van der Waals surface area (Å²) in [4.78, 5) is 5.58. The molecular weight excluding hydrogens is 357 g/mol. The number of hydrogen-bond donors (Lipinski definition) is 2. The Morgan fingerprint density at radius 3 is 2.61 bits per heavy atom. The summed E-state index contributed by atoms with van der Waals surface area (Å²) in [5.74, 6) is 1.62. The van der Waals surface area contributed by atoms with E-state index >= 15 is 0 Å². The highest BCUT2D eigenvalue weighted by Crippen LogP contribution is 2.17. The summed E-state index contributed by atoms with van der Waals surface area (Å²) < 4.78 is 0. The quantitative estimate of drug-likeness (QED) is 0.263. The van der Waals surface area contributed by atoms with E-state index < -0.39 is 0 Å². The van der Waals surface area contributed by atoms with Gasteiger partial charge in [-0.1, -0.05) is 18.2 Å². The van der Waals surface area contributed by atoms with Crippen molar-refractivity contribution in [1.82, 2.24) is 5.32 Å². The Balaban J connectivity index is 0.00000289. The molecule has 0 amide bonds. The summed E-state index contributed by atoms with van der Waals surface area (Å²) in [6.45, 7) is 4.88. The smallest absolute Gasteiger partial charge is 0.188 e. The molecule has 102 valence electrons. The van der Waals surface area contributed by atoms with E-state index in [1.807, 2.05) is 31.7 Å². The van der Waals surface area contributed by atoms with Gasteiger partial charge in [-0.2, -0.15) is 0 Å². The maximum atomic E-state index is 5.70. The second-order valence-corrected chi connectivity index (χ2v) is 5.25. The van der Waals surface area contributed by atoms with E-state index in [1.165, 1.54) is 4.90 Å². The fraction of sp³-hybridized carbons (Fsp3) is 0.462. The van der Waals surface area contributed by atoms with Gasteiger partial charge in [0, 0.05) is 17.5 Å². The molecular formula is C13H22IN3S. The molecule has 0 aliphatic carbocycles. The van der Waals surface area contributed by atoms with Gasteiger partial charge in [0.05, 0.1) is 0 Å². The zero-order chi connectivity index (χ0) is 12.5. The Morgan fingerprint density at radius 2 is 2.00 bits per heavy atom. The third kappa shape index (κ3) is 8.63. The maximum absolute atomic E-state index is 5.70. The van der Waals surface area contributed by atoms with Crippen LogP contribution in [0.4, 0.5) is 0 Å². The monoisotopic (exact) mass is 379 g/mol. The number of thioether (sulfide) groups is 1. The van der Waals surface area contributed by atoms with Crippen LogP contribution >= 0.6 is 35.7 Å². The molecule has 1 aromatic carbocycles. The topological polar surface area (TPSA) is 50.4 Å². The van der Waals surface area contributed by atoms with Crippen molar-refractivity contribution in [2.75, 3.05) is 12.3 Å². The van der Waals surface area contributed by atoms with Crippen molar-refractivity contribution in [3.8, 4) is 0 Å². The fourth-order valence-electron chi connectivity index (χ4n) is 1.31. The second-order valence-electron chi connectivity index (χ2n) is 4.08. The molecule has 0 aliphatic heterocycles. The average Bonchev–Trinajstić information content (AvgIpc) is 2.29. The van der Waals surface area contributed by atoms with Crippen LogP contribution in [0.2, 0.25) is 0 Å². The van der Waals surface area contributed by atoms with Crippen molar-refractivity contribution in [2.24, 2.45) is 10.7 Å². The van der Waals surface area contributed by atoms with Gasteiger partial charge in [0.15, 0.2) is 5.96 Å². The number of guanidine groups is 1. The first-order valence-electron chi connectivity index (χ1n) is 5.93. The van der Waals surface area contributed by atoms with Gasteiger partial charge in [-0.3, -0.25) is 4.99 Å². The molecule has 1 aromatic rings. The van der Waals surface area contributed by atoms with E-state index in [4.69, 9.17) is 5.73 Å². The number of benzene rings is 1. The molecule has 0 spiro atoms. The number of hydrogen-bond acceptors (Lipinski definition) is 2. The number of nitrogens with one attached hydrogen (secondary N) is 1. The first-order chi connectivity index (χ1) is 8.18. The average molecular weight is 379 g/mol. The van der Waals surface area contributed by atoms with Crippen molar-refractivity contribution in [3.05, 3.63) is 30.3 Å². The Labute approximate surface area is 131 Å². The molecule has 0 saturated heterocycles. The maximum Gasteiger partial charge on any atom is 0.188 e. The summed E-state index contributed by atoms with van der Waals surface area (Å²) in [5.41, 5.74) is 5.70. The van der Waals surface area contributed by atoms with E-state index in [1.54, 1.807) is 0 Å². The van der Waals surface area contributed by atoms with Crippen LogP contribution in [0.25, 0.3) is 0 Å². The molecule has 0 atom stereocenters. The second kappa shape index (κ2) is 10.5. The highest BCUT2D eigenvalue weighted by Gasteiger charge is 1.95. The van der Waals surface area contributed by atoms with E-state index in [2.05, 4.69) is 34.6 Å². The fourth-order valence-corrected chi connectivity index (χ4v) is 2.17. The molecule has 0 saturated carbocycles. The van der Waals surface area contributed by atoms with Gasteiger partial charge in [0.1, 0.15) is 0 Å². The van der Waals surface area contributed by atoms with E-state index in [0.717, 1.165) is 18.7 Å². The van der Waals surface area contributed by atoms with Crippen LogP contribution in [0.15, 0.2) is 40.2 Å². The first kappa shape index (κ1) is 17.6. The van der Waals surface area contributed by atoms with Gasteiger partial charge >= 0.3 is 0 Å². The van der Waals surface area contributed by atoms with Crippen molar-refractivity contribution in [2.45, 2.75) is 31.2 Å². The molecule has 3 N–H and O–H groups in total. The number of rotatable bonds is 6. The molecule has 0 radical (unpaired) electrons. The summed E-state index contributed by atoms with van der Waals surface area (Å²) >= 11 is 1.86. The lowest BCUT2D eigenvalue weighted by atomic mass is 10.4. The van der Waals surface area contributed by atoms with Crippen molar-refractivity contribution < 1.29 is 0 Å². The minimum absolute atomic E-state index is 0. The Bertz CT molecular complexity index is 341. The predicted octanol–water partition coefficient (Wildman–Crippen LogP) is 3.10. The highest BCUT2D eigenvalue weighted by atomic mass is 127. The molecule has 0 fully saturated rings. The zero-order valence-electron chi connectivity index (χ0n) is 10.9. The Kier molecular flexibility index (Phi) is 10.2. The van der Waals surface area contributed by atoms with Crippen LogP contribution in [0, 0.1) is 0 Å². The van der Waals surface area contributed by atoms with Crippen LogP contribution in [0.3, 0.4) is 0 Å². The summed E-state index contributed by atoms with van der Waals surface area (Å²) in [7, 11) is 0. The SMILES string of the molecule is CC(C)NC(N)=NCCCSc1ccccc1.I. The van der Waals surface area contributed by atoms with Crippen LogP contribution < -0.4 is 11.1 Å². The minimum Gasteiger partial charge on any atom is -0.370 e. The lowest BCUT2D eigenvalue weighted by molar-refractivity contribution is 0.722. The number of nitrogens with zero attached hydrogens (tertiary/aromatic N) is 1. The summed E-state index contributed by atoms with van der Waals surface area (Å²) in [5, 5.41) is 3.07. The van der Waals surface area contributed by atoms with E-state index in [-0.39, 0.29) is 24.0 Å². The largest absolute Gasteiger partial charge is 0.370 e. The lowest BCUT2D eigenvalue weighted by Crippen LogP contribution is -2.36. The standard InChI is InChI=1S/C13H21N3S.HI/c1-11(2)16-13(14)15-9-6-10-17-12-7-4-3-5-8-12;/h3-5,7-8,11H,6,9-10H2,1-2H3,(H3,14,15,16);1H. The Hall–Kier alpha value is -0.430. The highest BCUT2D eigenvalue weighted by molar-refractivity contribution is 14.0. The third-order valence-corrected chi connectivity index (χ3v) is 3.13. The van der Waals surface area contributed by atoms with Gasteiger partial charge in [-0.05, 0) is 38.2 Å². The van der Waals surface area contributed by atoms with Crippen LogP contribution in [-0.2, 0) is 0 Å². The molecule has 0 bridgehead atoms. The molecule has 0 aromatic heterocycles. The summed E-state index contributed by atoms with van der Waals surface area (Å²) in [6.07, 6.45) is 1.04. The van der Waals surface area contributed by atoms with Gasteiger partial charge < -0.3 is 11.1 Å². The normalized spacial score (nSPS) is 11.2. The van der Waals surface area contributed by atoms with Gasteiger partial charge in [-0.15, -0.1) is 35.7 Å². The predicted molar refractivity (Wildman–Crippen MR) is 92.0 cm³/mol. The van der Waals surface area contributed by atoms with E-state index in [0.29, 0.717) is 12.0 Å². The van der Waals surface area contributed by atoms with Crippen LogP contribution in [0.1, 0.15) is 20.3 Å². The molecule has 1 rings (SSSR count). The van der Waals surface area contributed by atoms with Gasteiger partial charge in [0.25, 0.3) is 0 Å². The summed E-state index contributed by atoms with van der Waals surface area (Å²) in [6, 6.07) is 10.8. The third-order valence-electron chi connectivity index (χ3n) is 2.03. The molecule has 0 aliphatic rings. The number of aliphatic imine (C=N–C) groups is 1. The number of nitrogens with two attached hydrogens (primary N) is 1. The molecule has 5 heteroatoms. The molecule has 0 heterocycles. The van der Waals surface area contributed by atoms with Crippen LogP contribution in [0.5, 0.6) is 0 Å². The Morgan fingerprint density at radius 1 is 1.33 bits per heavy atom. The molecule has 0 unspecified atom stereocenters. The number of halogens is 1. The zero-order valence-corrected chi connectivity index (χ0v) is 14.1. The van der Waals surface area contributed by atoms with Crippen LogP contribution in [-0.4, -0.2) is 24.3 Å². The van der Waals surface area contributed by atoms with Crippen molar-refractivity contribution >= 4 is 41.7 Å². The van der Waals surface area contributed by atoms with Crippen molar-refractivity contribution in [3.63, 3.8) is 0 Å².